The molecule has 2 aromatic rings. The van der Waals surface area contributed by atoms with E-state index in [2.05, 4.69) is 51.7 Å². The maximum absolute atomic E-state index is 12.6. The lowest BCUT2D eigenvalue weighted by Gasteiger charge is -2.38. The minimum atomic E-state index is -0.0868. The van der Waals surface area contributed by atoms with E-state index in [1.165, 1.54) is 5.56 Å². The number of nitrogens with zero attached hydrogens (tertiary/aromatic N) is 5. The summed E-state index contributed by atoms with van der Waals surface area (Å²) in [7, 11) is 2.01. The summed E-state index contributed by atoms with van der Waals surface area (Å²) in [6, 6.07) is 10.8. The van der Waals surface area contributed by atoms with Crippen molar-refractivity contribution in [3.63, 3.8) is 0 Å². The van der Waals surface area contributed by atoms with Crippen LogP contribution in [0.2, 0.25) is 0 Å². The maximum atomic E-state index is 12.6. The van der Waals surface area contributed by atoms with Gasteiger partial charge in [0.05, 0.1) is 6.54 Å². The normalized spacial score (nSPS) is 16.5. The van der Waals surface area contributed by atoms with E-state index in [1.807, 2.05) is 25.2 Å². The Bertz CT molecular complexity index is 755. The van der Waals surface area contributed by atoms with Crippen LogP contribution >= 0.6 is 0 Å². The first-order valence-corrected chi connectivity index (χ1v) is 9.85. The van der Waals surface area contributed by atoms with Crippen molar-refractivity contribution in [2.45, 2.75) is 51.2 Å². The van der Waals surface area contributed by atoms with Crippen molar-refractivity contribution < 1.29 is 9.53 Å². The highest BCUT2D eigenvalue weighted by Gasteiger charge is 2.34. The number of rotatable bonds is 8. The van der Waals surface area contributed by atoms with E-state index in [1.54, 1.807) is 4.68 Å². The summed E-state index contributed by atoms with van der Waals surface area (Å²) in [6.07, 6.45) is 1.79. The Kier molecular flexibility index (Phi) is 6.74. The number of benzene rings is 1. The molecule has 0 spiro atoms. The van der Waals surface area contributed by atoms with Crippen molar-refractivity contribution in [1.29, 1.82) is 0 Å². The lowest BCUT2D eigenvalue weighted by molar-refractivity contribution is -0.122. The van der Waals surface area contributed by atoms with Crippen LogP contribution in [0, 0.1) is 0 Å². The first-order chi connectivity index (χ1) is 13.5. The van der Waals surface area contributed by atoms with Gasteiger partial charge in [0.2, 0.25) is 5.91 Å². The number of nitrogens with one attached hydrogen (secondary N) is 1. The number of carbonyl (C=O) groups is 1. The van der Waals surface area contributed by atoms with Gasteiger partial charge in [0.25, 0.3) is 0 Å². The van der Waals surface area contributed by atoms with Crippen LogP contribution in [0.5, 0.6) is 0 Å². The SMILES string of the molecule is CC(C)N(C)Cc1nnnn1CC(=O)NCC1(c2ccccc2)CCOCC1. The average molecular weight is 387 g/mol. The van der Waals surface area contributed by atoms with E-state index in [0.717, 1.165) is 12.8 Å². The third-order valence-corrected chi connectivity index (χ3v) is 5.63. The molecule has 1 aliphatic rings. The van der Waals surface area contributed by atoms with E-state index >= 15 is 0 Å². The molecule has 0 unspecified atom stereocenters. The zero-order chi connectivity index (χ0) is 20.0. The summed E-state index contributed by atoms with van der Waals surface area (Å²) in [5, 5.41) is 14.9. The van der Waals surface area contributed by atoms with Crippen LogP contribution in [0.1, 0.15) is 38.1 Å². The highest BCUT2D eigenvalue weighted by molar-refractivity contribution is 5.75. The molecule has 1 saturated heterocycles. The van der Waals surface area contributed by atoms with Crippen molar-refractivity contribution in [3.8, 4) is 0 Å². The second-order valence-corrected chi connectivity index (χ2v) is 7.80. The molecule has 152 valence electrons. The Balaban J connectivity index is 1.63. The van der Waals surface area contributed by atoms with Crippen LogP contribution < -0.4 is 5.32 Å². The Morgan fingerprint density at radius 1 is 1.29 bits per heavy atom. The maximum Gasteiger partial charge on any atom is 0.241 e. The highest BCUT2D eigenvalue weighted by Crippen LogP contribution is 2.34. The smallest absolute Gasteiger partial charge is 0.241 e. The van der Waals surface area contributed by atoms with Gasteiger partial charge in [-0.05, 0) is 49.7 Å². The van der Waals surface area contributed by atoms with Crippen molar-refractivity contribution in [2.24, 2.45) is 0 Å². The standard InChI is InChI=1S/C20H30N6O2/c1-16(2)25(3)13-18-22-23-24-26(18)14-19(27)21-15-20(9-11-28-12-10-20)17-7-5-4-6-8-17/h4-8,16H,9-15H2,1-3H3,(H,21,27). The summed E-state index contributed by atoms with van der Waals surface area (Å²) in [5.74, 6) is 0.609. The summed E-state index contributed by atoms with van der Waals surface area (Å²) in [5.41, 5.74) is 1.16. The third-order valence-electron chi connectivity index (χ3n) is 5.63. The first kappa shape index (κ1) is 20.4. The van der Waals surface area contributed by atoms with Crippen molar-refractivity contribution >= 4 is 5.91 Å². The predicted octanol–water partition coefficient (Wildman–Crippen LogP) is 1.38. The molecule has 8 heteroatoms. The van der Waals surface area contributed by atoms with Crippen molar-refractivity contribution in [1.82, 2.24) is 30.4 Å². The largest absolute Gasteiger partial charge is 0.381 e. The van der Waals surface area contributed by atoms with Crippen LogP contribution in [0.25, 0.3) is 0 Å². The lowest BCUT2D eigenvalue weighted by Crippen LogP contribution is -2.45. The molecule has 0 atom stereocenters. The second kappa shape index (κ2) is 9.25. The molecule has 28 heavy (non-hydrogen) atoms. The van der Waals surface area contributed by atoms with Gasteiger partial charge in [-0.15, -0.1) is 5.10 Å². The summed E-state index contributed by atoms with van der Waals surface area (Å²) in [6.45, 7) is 6.95. The molecule has 1 amide bonds. The van der Waals surface area contributed by atoms with Crippen molar-refractivity contribution in [3.05, 3.63) is 41.7 Å². The minimum absolute atomic E-state index is 0.0810. The molecule has 0 bridgehead atoms. The quantitative estimate of drug-likeness (QED) is 0.738. The fourth-order valence-electron chi connectivity index (χ4n) is 3.45. The molecule has 1 aliphatic heterocycles. The van der Waals surface area contributed by atoms with E-state index in [4.69, 9.17) is 4.74 Å². The van der Waals surface area contributed by atoms with Crippen molar-refractivity contribution in [2.75, 3.05) is 26.8 Å². The minimum Gasteiger partial charge on any atom is -0.381 e. The van der Waals surface area contributed by atoms with Crippen LogP contribution in [0.4, 0.5) is 0 Å². The molecule has 2 heterocycles. The van der Waals surface area contributed by atoms with E-state index in [0.29, 0.717) is 38.2 Å². The Hall–Kier alpha value is -2.32. The fourth-order valence-corrected chi connectivity index (χ4v) is 3.45. The summed E-state index contributed by atoms with van der Waals surface area (Å²) >= 11 is 0. The molecule has 1 aromatic heterocycles. The van der Waals surface area contributed by atoms with Gasteiger partial charge in [-0.25, -0.2) is 4.68 Å². The fraction of sp³-hybridized carbons (Fsp3) is 0.600. The molecule has 8 nitrogen and oxygen atoms in total. The van der Waals surface area contributed by atoms with Crippen LogP contribution in [0.15, 0.2) is 30.3 Å². The molecule has 1 aromatic carbocycles. The van der Waals surface area contributed by atoms with Gasteiger partial charge >= 0.3 is 0 Å². The molecule has 0 aliphatic carbocycles. The number of carbonyl (C=O) groups excluding carboxylic acids is 1. The summed E-state index contributed by atoms with van der Waals surface area (Å²) < 4.78 is 7.14. The van der Waals surface area contributed by atoms with E-state index in [9.17, 15) is 4.79 Å². The van der Waals surface area contributed by atoms with Gasteiger partial charge < -0.3 is 10.1 Å². The monoisotopic (exact) mass is 386 g/mol. The lowest BCUT2D eigenvalue weighted by atomic mass is 9.74. The van der Waals surface area contributed by atoms with Gasteiger partial charge in [-0.1, -0.05) is 30.3 Å². The van der Waals surface area contributed by atoms with Crippen LogP contribution in [-0.4, -0.2) is 63.9 Å². The molecule has 1 fully saturated rings. The number of tetrazole rings is 1. The topological polar surface area (TPSA) is 85.2 Å². The molecule has 3 rings (SSSR count). The van der Waals surface area contributed by atoms with Crippen LogP contribution in [0.3, 0.4) is 0 Å². The summed E-state index contributed by atoms with van der Waals surface area (Å²) in [4.78, 5) is 14.8. The van der Waals surface area contributed by atoms with Gasteiger partial charge in [0.1, 0.15) is 6.54 Å². The number of hydrogen-bond donors (Lipinski definition) is 1. The number of aromatic nitrogens is 4. The predicted molar refractivity (Wildman–Crippen MR) is 106 cm³/mol. The zero-order valence-corrected chi connectivity index (χ0v) is 17.0. The van der Waals surface area contributed by atoms with E-state index in [-0.39, 0.29) is 17.9 Å². The van der Waals surface area contributed by atoms with Crippen LogP contribution in [-0.2, 0) is 28.0 Å². The van der Waals surface area contributed by atoms with Gasteiger partial charge in [0.15, 0.2) is 5.82 Å². The third kappa shape index (κ3) is 4.94. The number of amides is 1. The number of ether oxygens (including phenoxy) is 1. The van der Waals surface area contributed by atoms with Gasteiger partial charge in [0, 0.05) is 31.2 Å². The molecule has 1 N–H and O–H groups in total. The van der Waals surface area contributed by atoms with Gasteiger partial charge in [-0.3, -0.25) is 9.69 Å². The van der Waals surface area contributed by atoms with Gasteiger partial charge in [-0.2, -0.15) is 0 Å². The Morgan fingerprint density at radius 3 is 2.68 bits per heavy atom. The Morgan fingerprint density at radius 2 is 2.00 bits per heavy atom. The van der Waals surface area contributed by atoms with E-state index < -0.39 is 0 Å². The number of hydrogen-bond acceptors (Lipinski definition) is 6. The average Bonchev–Trinajstić information content (AvgIpc) is 3.14. The first-order valence-electron chi connectivity index (χ1n) is 9.85. The second-order valence-electron chi connectivity index (χ2n) is 7.80. The molecular weight excluding hydrogens is 356 g/mol. The highest BCUT2D eigenvalue weighted by atomic mass is 16.5. The molecule has 0 radical (unpaired) electrons. The molecule has 0 saturated carbocycles. The Labute approximate surface area is 166 Å². The molecular formula is C20H30N6O2. The zero-order valence-electron chi connectivity index (χ0n) is 17.0.